The van der Waals surface area contributed by atoms with Crippen LogP contribution in [0, 0.1) is 0 Å². The van der Waals surface area contributed by atoms with Crippen LogP contribution < -0.4 is 20.1 Å². The first-order chi connectivity index (χ1) is 16.4. The van der Waals surface area contributed by atoms with Crippen LogP contribution in [0.1, 0.15) is 40.0 Å². The lowest BCUT2D eigenvalue weighted by atomic mass is 9.43. The lowest BCUT2D eigenvalue weighted by molar-refractivity contribution is -0.172. The maximum atomic E-state index is 13.3. The van der Waals surface area contributed by atoms with Crippen LogP contribution in [0.15, 0.2) is 18.6 Å². The Labute approximate surface area is 195 Å². The fourth-order valence-corrected chi connectivity index (χ4v) is 5.32. The number of pyridine rings is 1. The second-order valence-corrected chi connectivity index (χ2v) is 8.90. The summed E-state index contributed by atoms with van der Waals surface area (Å²) in [6, 6.07) is 1.24. The van der Waals surface area contributed by atoms with Gasteiger partial charge in [0.05, 0.1) is 44.9 Å². The molecule has 3 saturated carbocycles. The van der Waals surface area contributed by atoms with Gasteiger partial charge in [0, 0.05) is 30.2 Å². The minimum atomic E-state index is -1.23. The van der Waals surface area contributed by atoms with Gasteiger partial charge in [-0.3, -0.25) is 9.69 Å². The van der Waals surface area contributed by atoms with E-state index in [9.17, 15) is 14.7 Å². The number of carboxylic acids is 1. The Bertz CT molecular complexity index is 1120. The highest BCUT2D eigenvalue weighted by Gasteiger charge is 2.70. The minimum absolute atomic E-state index is 0.0203. The molecule has 0 aromatic carbocycles. The molecule has 12 heteroatoms. The molecule has 2 aromatic rings. The van der Waals surface area contributed by atoms with Gasteiger partial charge < -0.3 is 30.0 Å². The Hall–Kier alpha value is -3.51. The van der Waals surface area contributed by atoms with Gasteiger partial charge in [0.1, 0.15) is 17.7 Å². The van der Waals surface area contributed by atoms with Crippen LogP contribution in [-0.4, -0.2) is 88.4 Å². The first-order valence-electron chi connectivity index (χ1n) is 11.0. The highest BCUT2D eigenvalue weighted by molar-refractivity contribution is 6.11. The fraction of sp³-hybridized carbons (Fsp3) is 0.500. The smallest absolute Gasteiger partial charge is 0.338 e. The molecule has 12 nitrogen and oxygen atoms in total. The molecule has 0 spiro atoms. The van der Waals surface area contributed by atoms with E-state index in [1.807, 2.05) is 0 Å². The van der Waals surface area contributed by atoms with Crippen molar-refractivity contribution in [2.24, 2.45) is 0 Å². The summed E-state index contributed by atoms with van der Waals surface area (Å²) in [5.74, 6) is -1.28. The third-order valence-corrected chi connectivity index (χ3v) is 6.87. The molecule has 1 saturated heterocycles. The largest absolute Gasteiger partial charge is 0.481 e. The first-order valence-corrected chi connectivity index (χ1v) is 11.0. The van der Waals surface area contributed by atoms with Crippen molar-refractivity contribution in [1.29, 1.82) is 0 Å². The number of hydrogen-bond donors (Lipinski definition) is 3. The van der Waals surface area contributed by atoms with E-state index in [1.54, 1.807) is 0 Å². The molecule has 0 atom stereocenters. The van der Waals surface area contributed by atoms with E-state index in [0.717, 1.165) is 45.6 Å². The van der Waals surface area contributed by atoms with Gasteiger partial charge in [-0.15, -0.1) is 0 Å². The number of carbonyl (C=O) groups is 2. The molecular weight excluding hydrogens is 444 g/mol. The van der Waals surface area contributed by atoms with Crippen molar-refractivity contribution < 1.29 is 28.9 Å². The number of methoxy groups -OCH3 is 2. The lowest BCUT2D eigenvalue weighted by Gasteiger charge is -2.74. The summed E-state index contributed by atoms with van der Waals surface area (Å²) in [4.78, 5) is 39.8. The molecule has 2 aromatic heterocycles. The van der Waals surface area contributed by atoms with Gasteiger partial charge >= 0.3 is 5.97 Å². The van der Waals surface area contributed by atoms with Gasteiger partial charge in [-0.2, -0.15) is 0 Å². The van der Waals surface area contributed by atoms with E-state index in [1.165, 1.54) is 32.8 Å². The van der Waals surface area contributed by atoms with E-state index in [4.69, 9.17) is 14.2 Å². The number of aromatic nitrogens is 3. The summed E-state index contributed by atoms with van der Waals surface area (Å²) >= 11 is 0. The molecule has 4 aliphatic rings. The van der Waals surface area contributed by atoms with Crippen LogP contribution >= 0.6 is 0 Å². The second-order valence-electron chi connectivity index (χ2n) is 8.90. The van der Waals surface area contributed by atoms with Gasteiger partial charge in [-0.1, -0.05) is 0 Å². The summed E-state index contributed by atoms with van der Waals surface area (Å²) in [6.45, 7) is 3.39. The molecule has 3 aliphatic carbocycles. The van der Waals surface area contributed by atoms with Crippen LogP contribution in [0.5, 0.6) is 11.8 Å². The molecule has 0 radical (unpaired) electrons. The van der Waals surface area contributed by atoms with Gasteiger partial charge in [0.2, 0.25) is 11.8 Å². The van der Waals surface area contributed by atoms with Crippen LogP contribution in [0.4, 0.5) is 11.5 Å². The molecule has 4 fully saturated rings. The number of amides is 1. The van der Waals surface area contributed by atoms with E-state index < -0.39 is 11.9 Å². The number of carbonyl (C=O) groups excluding carboxylic acids is 1. The van der Waals surface area contributed by atoms with Crippen LogP contribution in [0.3, 0.4) is 0 Å². The topological polar surface area (TPSA) is 148 Å². The summed E-state index contributed by atoms with van der Waals surface area (Å²) < 4.78 is 15.8. The summed E-state index contributed by atoms with van der Waals surface area (Å²) in [6.07, 6.45) is 5.44. The number of ether oxygens (including phenoxy) is 3. The van der Waals surface area contributed by atoms with E-state index >= 15 is 0 Å². The number of rotatable bonds is 8. The van der Waals surface area contributed by atoms with E-state index in [2.05, 4.69) is 30.5 Å². The Morgan fingerprint density at radius 2 is 1.85 bits per heavy atom. The molecule has 2 bridgehead atoms. The van der Waals surface area contributed by atoms with E-state index in [-0.39, 0.29) is 39.7 Å². The third-order valence-electron chi connectivity index (χ3n) is 6.87. The maximum absolute atomic E-state index is 13.3. The average molecular weight is 470 g/mol. The predicted molar refractivity (Wildman–Crippen MR) is 120 cm³/mol. The van der Waals surface area contributed by atoms with Gasteiger partial charge in [-0.05, 0) is 19.3 Å². The van der Waals surface area contributed by atoms with Crippen LogP contribution in [0.2, 0.25) is 0 Å². The molecule has 1 amide bonds. The zero-order chi connectivity index (χ0) is 23.9. The van der Waals surface area contributed by atoms with Crippen LogP contribution in [0.25, 0.3) is 0 Å². The molecule has 34 heavy (non-hydrogen) atoms. The van der Waals surface area contributed by atoms with Crippen molar-refractivity contribution in [3.8, 4) is 11.8 Å². The van der Waals surface area contributed by atoms with Crippen molar-refractivity contribution >= 4 is 23.4 Å². The highest BCUT2D eigenvalue weighted by Crippen LogP contribution is 2.65. The Kier molecular flexibility index (Phi) is 5.48. The van der Waals surface area contributed by atoms with Crippen molar-refractivity contribution in [2.75, 3.05) is 51.2 Å². The third kappa shape index (κ3) is 3.68. The zero-order valence-corrected chi connectivity index (χ0v) is 19.0. The van der Waals surface area contributed by atoms with Crippen LogP contribution in [-0.2, 0) is 4.74 Å². The fourth-order valence-electron chi connectivity index (χ4n) is 5.32. The Balaban J connectivity index is 1.36. The summed E-state index contributed by atoms with van der Waals surface area (Å²) in [7, 11) is 2.79. The zero-order valence-electron chi connectivity index (χ0n) is 19.0. The molecule has 6 rings (SSSR count). The maximum Gasteiger partial charge on any atom is 0.338 e. The molecule has 3 heterocycles. The summed E-state index contributed by atoms with van der Waals surface area (Å²) in [5.41, 5.74) is 0.0221. The standard InChI is InChI=1S/C22H26N6O6/c1-32-15-7-13(20(30)31)14(8-23-15)26-18(29)16-17(24-12-25-19(16)33-2)27-21-9-22(10-21,11-21)28-3-5-34-6-4-28/h7-8,12H,3-6,9-11H2,1-2H3,(H,26,29)(H,30,31)(H,24,25,27). The van der Waals surface area contributed by atoms with Gasteiger partial charge in [-0.25, -0.2) is 19.7 Å². The summed E-state index contributed by atoms with van der Waals surface area (Å²) in [5, 5.41) is 15.6. The normalized spacial score (nSPS) is 25.5. The van der Waals surface area contributed by atoms with Crippen molar-refractivity contribution in [1.82, 2.24) is 19.9 Å². The van der Waals surface area contributed by atoms with E-state index in [0.29, 0.717) is 5.82 Å². The number of carboxylic acid groups (broad SMARTS) is 1. The molecular formula is C22H26N6O6. The predicted octanol–water partition coefficient (Wildman–Crippen LogP) is 1.26. The second kappa shape index (κ2) is 8.37. The molecule has 3 N–H and O–H groups in total. The quantitative estimate of drug-likeness (QED) is 0.512. The SMILES string of the molecule is COc1cc(C(=O)O)c(NC(=O)c2c(NC34CC(N5CCOCC5)(C3)C4)ncnc2OC)cn1. The first kappa shape index (κ1) is 22.3. The van der Waals surface area contributed by atoms with Crippen molar-refractivity contribution in [3.05, 3.63) is 29.7 Å². The van der Waals surface area contributed by atoms with Gasteiger partial charge in [0.25, 0.3) is 5.91 Å². The molecule has 1 aliphatic heterocycles. The number of aromatic carboxylic acids is 1. The highest BCUT2D eigenvalue weighted by atomic mass is 16.5. The lowest BCUT2D eigenvalue weighted by Crippen LogP contribution is -2.82. The Morgan fingerprint density at radius 1 is 1.12 bits per heavy atom. The monoisotopic (exact) mass is 470 g/mol. The van der Waals surface area contributed by atoms with Crippen molar-refractivity contribution in [2.45, 2.75) is 30.3 Å². The molecule has 0 unspecified atom stereocenters. The van der Waals surface area contributed by atoms with Gasteiger partial charge in [0.15, 0.2) is 0 Å². The minimum Gasteiger partial charge on any atom is -0.481 e. The molecule has 180 valence electrons. The number of nitrogens with zero attached hydrogens (tertiary/aromatic N) is 4. The number of anilines is 2. The number of nitrogens with one attached hydrogen (secondary N) is 2. The average Bonchev–Trinajstić information content (AvgIpc) is 2.80. The number of hydrogen-bond acceptors (Lipinski definition) is 10. The van der Waals surface area contributed by atoms with Crippen molar-refractivity contribution in [3.63, 3.8) is 0 Å². The number of morpholine rings is 1. The Morgan fingerprint density at radius 3 is 2.50 bits per heavy atom.